The second-order valence-corrected chi connectivity index (χ2v) is 16.2. The van der Waals surface area contributed by atoms with E-state index in [1.165, 1.54) is 44.2 Å². The zero-order valence-electron chi connectivity index (χ0n) is 33.7. The van der Waals surface area contributed by atoms with E-state index in [4.69, 9.17) is 0 Å². The third-order valence-electron chi connectivity index (χ3n) is 12.3. The lowest BCUT2D eigenvalue weighted by Crippen LogP contribution is -2.16. The predicted octanol–water partition coefficient (Wildman–Crippen LogP) is 15.7. The monoisotopic (exact) mass is 769 g/mol. The summed E-state index contributed by atoms with van der Waals surface area (Å²) in [5.41, 5.74) is 17.6. The van der Waals surface area contributed by atoms with Crippen molar-refractivity contribution in [1.82, 2.24) is 4.57 Å². The largest absolute Gasteiger partial charge is 0.310 e. The fourth-order valence-electron chi connectivity index (χ4n) is 9.53. The molecule has 0 radical (unpaired) electrons. The van der Waals surface area contributed by atoms with Gasteiger partial charge in [-0.25, -0.2) is 0 Å². The molecule has 9 aromatic carbocycles. The zero-order chi connectivity index (χ0) is 40.2. The molecule has 0 unspecified atom stereocenters. The molecule has 1 aliphatic carbocycles. The van der Waals surface area contributed by atoms with Crippen LogP contribution in [0.4, 0.5) is 34.1 Å². The van der Waals surface area contributed by atoms with E-state index in [2.05, 4.69) is 253 Å². The number of nitrogens with zero attached hydrogens (tertiary/aromatic N) is 3. The van der Waals surface area contributed by atoms with Gasteiger partial charge in [-0.2, -0.15) is 0 Å². The highest BCUT2D eigenvalue weighted by Gasteiger charge is 2.36. The summed E-state index contributed by atoms with van der Waals surface area (Å²) in [4.78, 5) is 4.86. The molecule has 0 N–H and O–H groups in total. The summed E-state index contributed by atoms with van der Waals surface area (Å²) in [7, 11) is 0. The number of hydrogen-bond donors (Lipinski definition) is 0. The lowest BCUT2D eigenvalue weighted by atomic mass is 9.82. The summed E-state index contributed by atoms with van der Waals surface area (Å²) >= 11 is 0. The van der Waals surface area contributed by atoms with Gasteiger partial charge < -0.3 is 14.4 Å². The van der Waals surface area contributed by atoms with E-state index >= 15 is 0 Å². The number of para-hydroxylation sites is 4. The van der Waals surface area contributed by atoms with Crippen LogP contribution < -0.4 is 9.80 Å². The van der Waals surface area contributed by atoms with Gasteiger partial charge in [0, 0.05) is 44.6 Å². The average Bonchev–Trinajstić information content (AvgIpc) is 3.76. The Bertz CT molecular complexity index is 3110. The molecule has 10 aromatic rings. The van der Waals surface area contributed by atoms with Gasteiger partial charge >= 0.3 is 0 Å². The Morgan fingerprint density at radius 2 is 0.900 bits per heavy atom. The Morgan fingerprint density at radius 1 is 0.367 bits per heavy atom. The molecular weight excluding hydrogens is 727 g/mol. The summed E-state index contributed by atoms with van der Waals surface area (Å²) in [6.07, 6.45) is 0. The van der Waals surface area contributed by atoms with Crippen LogP contribution in [0, 0.1) is 0 Å². The van der Waals surface area contributed by atoms with Crippen molar-refractivity contribution in [2.75, 3.05) is 9.80 Å². The highest BCUT2D eigenvalue weighted by molar-refractivity contribution is 6.18. The summed E-state index contributed by atoms with van der Waals surface area (Å²) in [6.45, 7) is 4.69. The second kappa shape index (κ2) is 14.3. The van der Waals surface area contributed by atoms with Crippen LogP contribution in [-0.2, 0) is 5.41 Å². The van der Waals surface area contributed by atoms with Crippen LogP contribution in [0.1, 0.15) is 25.0 Å². The fourth-order valence-corrected chi connectivity index (χ4v) is 9.53. The molecular formula is C57H43N3. The van der Waals surface area contributed by atoms with Crippen LogP contribution in [0.2, 0.25) is 0 Å². The van der Waals surface area contributed by atoms with Gasteiger partial charge in [0.2, 0.25) is 0 Å². The molecule has 0 bridgehead atoms. The van der Waals surface area contributed by atoms with Crippen molar-refractivity contribution >= 4 is 55.9 Å². The summed E-state index contributed by atoms with van der Waals surface area (Å²) < 4.78 is 2.45. The fraction of sp³-hybridized carbons (Fsp3) is 0.0526. The van der Waals surface area contributed by atoms with Gasteiger partial charge in [-0.3, -0.25) is 0 Å². The molecule has 0 aliphatic heterocycles. The molecule has 0 saturated carbocycles. The quantitative estimate of drug-likeness (QED) is 0.152. The minimum Gasteiger partial charge on any atom is -0.310 e. The molecule has 1 heterocycles. The Hall–Kier alpha value is -7.62. The van der Waals surface area contributed by atoms with Gasteiger partial charge in [-0.1, -0.05) is 159 Å². The van der Waals surface area contributed by atoms with Gasteiger partial charge in [0.15, 0.2) is 0 Å². The van der Waals surface area contributed by atoms with Crippen molar-refractivity contribution in [3.05, 3.63) is 236 Å². The number of benzene rings is 9. The minimum atomic E-state index is -0.0863. The van der Waals surface area contributed by atoms with E-state index in [0.29, 0.717) is 0 Å². The molecule has 1 aliphatic rings. The first-order valence-corrected chi connectivity index (χ1v) is 20.8. The summed E-state index contributed by atoms with van der Waals surface area (Å²) in [5.74, 6) is 0. The lowest BCUT2D eigenvalue weighted by Gasteiger charge is -2.31. The first kappa shape index (κ1) is 35.5. The maximum absolute atomic E-state index is 2.45. The van der Waals surface area contributed by atoms with Crippen molar-refractivity contribution in [3.63, 3.8) is 0 Å². The maximum atomic E-state index is 2.45. The smallest absolute Gasteiger partial charge is 0.0583 e. The van der Waals surface area contributed by atoms with Gasteiger partial charge in [0.05, 0.1) is 22.4 Å². The number of aromatic nitrogens is 1. The van der Waals surface area contributed by atoms with E-state index in [9.17, 15) is 0 Å². The van der Waals surface area contributed by atoms with Crippen LogP contribution >= 0.6 is 0 Å². The summed E-state index contributed by atoms with van der Waals surface area (Å²) in [6, 6.07) is 81.6. The van der Waals surface area contributed by atoms with E-state index in [1.54, 1.807) is 0 Å². The van der Waals surface area contributed by atoms with Gasteiger partial charge in [0.1, 0.15) is 0 Å². The number of anilines is 6. The predicted molar refractivity (Wildman–Crippen MR) is 253 cm³/mol. The molecule has 0 spiro atoms. The van der Waals surface area contributed by atoms with Crippen molar-refractivity contribution in [2.24, 2.45) is 0 Å². The number of fused-ring (bicyclic) bond motifs is 6. The molecule has 11 rings (SSSR count). The highest BCUT2D eigenvalue weighted by atomic mass is 15.2. The number of rotatable bonds is 8. The summed E-state index contributed by atoms with van der Waals surface area (Å²) in [5, 5.41) is 2.38. The Morgan fingerprint density at radius 3 is 1.57 bits per heavy atom. The minimum absolute atomic E-state index is 0.0863. The van der Waals surface area contributed by atoms with Crippen LogP contribution in [0.15, 0.2) is 224 Å². The van der Waals surface area contributed by atoms with Crippen molar-refractivity contribution < 1.29 is 0 Å². The zero-order valence-corrected chi connectivity index (χ0v) is 33.7. The highest BCUT2D eigenvalue weighted by Crippen LogP contribution is 2.52. The third-order valence-corrected chi connectivity index (χ3v) is 12.3. The van der Waals surface area contributed by atoms with Gasteiger partial charge in [-0.05, 0) is 112 Å². The Labute approximate surface area is 351 Å². The van der Waals surface area contributed by atoms with Crippen LogP contribution in [0.5, 0.6) is 0 Å². The molecule has 60 heavy (non-hydrogen) atoms. The molecule has 3 nitrogen and oxygen atoms in total. The first-order chi connectivity index (χ1) is 29.5. The molecule has 0 amide bonds. The van der Waals surface area contributed by atoms with Crippen molar-refractivity contribution in [1.29, 1.82) is 0 Å². The lowest BCUT2D eigenvalue weighted by molar-refractivity contribution is 0.660. The van der Waals surface area contributed by atoms with Crippen LogP contribution in [-0.4, -0.2) is 4.57 Å². The molecule has 0 atom stereocenters. The van der Waals surface area contributed by atoms with E-state index in [-0.39, 0.29) is 5.41 Å². The van der Waals surface area contributed by atoms with Crippen molar-refractivity contribution in [3.8, 4) is 27.9 Å². The standard InChI is InChI=1S/C57H43N3/c1-57(2)51-29-17-15-27-48(51)50-37-46(35-36-52(50)57)58(42-21-9-4-10-22-42)47-38-54(59(43-23-11-5-12-24-43)44-25-13-6-14-26-44)56-49-28-16-18-30-53(49)60(55(56)39-47)45-33-31-41(32-34-45)40-19-7-3-8-20-40/h3-39H,1-2H3. The van der Waals surface area contributed by atoms with E-state index < -0.39 is 0 Å². The topological polar surface area (TPSA) is 11.4 Å². The molecule has 3 heteroatoms. The third kappa shape index (κ3) is 5.81. The number of hydrogen-bond acceptors (Lipinski definition) is 2. The molecule has 286 valence electrons. The van der Waals surface area contributed by atoms with E-state index in [0.717, 1.165) is 50.8 Å². The molecule has 1 aromatic heterocycles. The Kier molecular flexibility index (Phi) is 8.49. The normalized spacial score (nSPS) is 12.6. The van der Waals surface area contributed by atoms with E-state index in [1.807, 2.05) is 0 Å². The molecule has 0 fully saturated rings. The van der Waals surface area contributed by atoms with Crippen molar-refractivity contribution in [2.45, 2.75) is 19.3 Å². The second-order valence-electron chi connectivity index (χ2n) is 16.2. The molecule has 0 saturated heterocycles. The van der Waals surface area contributed by atoms with Crippen LogP contribution in [0.25, 0.3) is 49.7 Å². The average molecular weight is 770 g/mol. The Balaban J connectivity index is 1.22. The maximum Gasteiger partial charge on any atom is 0.0583 e. The van der Waals surface area contributed by atoms with Crippen LogP contribution in [0.3, 0.4) is 0 Å². The van der Waals surface area contributed by atoms with Gasteiger partial charge in [0.25, 0.3) is 0 Å². The first-order valence-electron chi connectivity index (χ1n) is 20.8. The van der Waals surface area contributed by atoms with Gasteiger partial charge in [-0.15, -0.1) is 0 Å². The SMILES string of the molecule is CC1(C)c2ccccc2-c2cc(N(c3ccccc3)c3cc(N(c4ccccc4)c4ccccc4)c4c5ccccc5n(-c5ccc(-c6ccccc6)cc5)c4c3)ccc21.